The van der Waals surface area contributed by atoms with Crippen LogP contribution in [0.4, 0.5) is 0 Å². The molecule has 1 aromatic heterocycles. The molecule has 1 aromatic rings. The molecule has 100 valence electrons. The molecule has 0 radical (unpaired) electrons. The minimum absolute atomic E-state index is 0.251. The Hall–Kier alpha value is -1.60. The number of hydrogen-bond acceptors (Lipinski definition) is 3. The highest BCUT2D eigenvalue weighted by molar-refractivity contribution is 6.30. The maximum absolute atomic E-state index is 12.1. The molecule has 1 amide bonds. The summed E-state index contributed by atoms with van der Waals surface area (Å²) in [5.74, 6) is 0.279. The summed E-state index contributed by atoms with van der Waals surface area (Å²) in [6.45, 7) is 2.17. The van der Waals surface area contributed by atoms with Crippen molar-refractivity contribution < 1.29 is 4.79 Å². The summed E-state index contributed by atoms with van der Waals surface area (Å²) in [5, 5.41) is 12.7. The van der Waals surface area contributed by atoms with Gasteiger partial charge < -0.3 is 5.32 Å². The first-order valence-corrected chi connectivity index (χ1v) is 6.78. The van der Waals surface area contributed by atoms with Crippen molar-refractivity contribution in [2.45, 2.75) is 38.1 Å². The van der Waals surface area contributed by atoms with Crippen molar-refractivity contribution in [2.75, 3.05) is 0 Å². The summed E-state index contributed by atoms with van der Waals surface area (Å²) >= 11 is 5.83. The third-order valence-electron chi connectivity index (χ3n) is 3.65. The zero-order valence-electron chi connectivity index (χ0n) is 10.8. The fourth-order valence-electron chi connectivity index (χ4n) is 2.33. The predicted molar refractivity (Wildman–Crippen MR) is 72.7 cm³/mol. The van der Waals surface area contributed by atoms with Crippen molar-refractivity contribution in [3.05, 3.63) is 29.0 Å². The number of rotatable bonds is 2. The SMILES string of the molecule is CC1CCC(C#N)(NC(=O)c2cc(Cl)ccn2)CC1. The Labute approximate surface area is 117 Å². The summed E-state index contributed by atoms with van der Waals surface area (Å²) in [5.41, 5.74) is -0.506. The quantitative estimate of drug-likeness (QED) is 0.904. The van der Waals surface area contributed by atoms with Crippen molar-refractivity contribution in [2.24, 2.45) is 5.92 Å². The molecule has 1 aliphatic rings. The molecule has 0 aromatic carbocycles. The highest BCUT2D eigenvalue weighted by Gasteiger charge is 2.36. The third-order valence-corrected chi connectivity index (χ3v) is 3.88. The van der Waals surface area contributed by atoms with Crippen LogP contribution in [0.1, 0.15) is 43.1 Å². The van der Waals surface area contributed by atoms with Gasteiger partial charge in [0.25, 0.3) is 5.91 Å². The monoisotopic (exact) mass is 277 g/mol. The number of amides is 1. The van der Waals surface area contributed by atoms with E-state index in [1.54, 1.807) is 6.07 Å². The van der Waals surface area contributed by atoms with Crippen molar-refractivity contribution >= 4 is 17.5 Å². The number of hydrogen-bond donors (Lipinski definition) is 1. The van der Waals surface area contributed by atoms with Gasteiger partial charge in [0.05, 0.1) is 6.07 Å². The van der Waals surface area contributed by atoms with Crippen LogP contribution in [0.5, 0.6) is 0 Å². The molecule has 1 saturated carbocycles. The van der Waals surface area contributed by atoms with Gasteiger partial charge in [-0.05, 0) is 43.7 Å². The first-order chi connectivity index (χ1) is 9.04. The lowest BCUT2D eigenvalue weighted by atomic mass is 9.78. The van der Waals surface area contributed by atoms with Gasteiger partial charge >= 0.3 is 0 Å². The summed E-state index contributed by atoms with van der Waals surface area (Å²) in [7, 11) is 0. The van der Waals surface area contributed by atoms with E-state index in [0.29, 0.717) is 23.8 Å². The summed E-state index contributed by atoms with van der Waals surface area (Å²) < 4.78 is 0. The summed E-state index contributed by atoms with van der Waals surface area (Å²) in [4.78, 5) is 16.1. The number of nitrogens with zero attached hydrogens (tertiary/aromatic N) is 2. The summed E-state index contributed by atoms with van der Waals surface area (Å²) in [6, 6.07) is 5.38. The van der Waals surface area contributed by atoms with Gasteiger partial charge in [-0.1, -0.05) is 18.5 Å². The minimum atomic E-state index is -0.756. The number of aromatic nitrogens is 1. The predicted octanol–water partition coefficient (Wildman–Crippen LogP) is 2.94. The molecule has 1 N–H and O–H groups in total. The molecule has 0 aliphatic heterocycles. The van der Waals surface area contributed by atoms with Crippen molar-refractivity contribution in [1.82, 2.24) is 10.3 Å². The standard InChI is InChI=1S/C14H16ClN3O/c1-10-2-5-14(9-16,6-3-10)18-13(19)12-8-11(15)4-7-17-12/h4,7-8,10H,2-3,5-6H2,1H3,(H,18,19). The smallest absolute Gasteiger partial charge is 0.271 e. The Kier molecular flexibility index (Phi) is 4.06. The molecule has 0 atom stereocenters. The van der Waals surface area contributed by atoms with E-state index in [4.69, 9.17) is 11.6 Å². The second kappa shape index (κ2) is 5.58. The molecule has 1 aliphatic carbocycles. The lowest BCUT2D eigenvalue weighted by molar-refractivity contribution is 0.0889. The number of carbonyl (C=O) groups is 1. The Balaban J connectivity index is 2.11. The largest absolute Gasteiger partial charge is 0.332 e. The molecule has 0 bridgehead atoms. The van der Waals surface area contributed by atoms with Gasteiger partial charge in [0, 0.05) is 11.2 Å². The van der Waals surface area contributed by atoms with Crippen molar-refractivity contribution in [1.29, 1.82) is 5.26 Å². The number of nitriles is 1. The van der Waals surface area contributed by atoms with Crippen molar-refractivity contribution in [3.8, 4) is 6.07 Å². The lowest BCUT2D eigenvalue weighted by Crippen LogP contribution is -2.49. The molecule has 0 unspecified atom stereocenters. The van der Waals surface area contributed by atoms with Crippen LogP contribution >= 0.6 is 11.6 Å². The van der Waals surface area contributed by atoms with Crippen LogP contribution in [-0.4, -0.2) is 16.4 Å². The van der Waals surface area contributed by atoms with E-state index < -0.39 is 5.54 Å². The van der Waals surface area contributed by atoms with Crippen LogP contribution in [0.15, 0.2) is 18.3 Å². The third kappa shape index (κ3) is 3.24. The van der Waals surface area contributed by atoms with E-state index in [9.17, 15) is 10.1 Å². The topological polar surface area (TPSA) is 65.8 Å². The maximum Gasteiger partial charge on any atom is 0.271 e. The molecule has 0 spiro atoms. The van der Waals surface area contributed by atoms with E-state index >= 15 is 0 Å². The van der Waals surface area contributed by atoms with Gasteiger partial charge in [-0.15, -0.1) is 0 Å². The van der Waals surface area contributed by atoms with Gasteiger partial charge in [-0.3, -0.25) is 9.78 Å². The molecule has 19 heavy (non-hydrogen) atoms. The highest BCUT2D eigenvalue weighted by atomic mass is 35.5. The normalized spacial score (nSPS) is 26.5. The van der Waals surface area contributed by atoms with E-state index in [0.717, 1.165) is 12.8 Å². The van der Waals surface area contributed by atoms with Crippen LogP contribution in [0.2, 0.25) is 5.02 Å². The Morgan fingerprint density at radius 2 is 2.26 bits per heavy atom. The molecule has 0 saturated heterocycles. The van der Waals surface area contributed by atoms with E-state index in [2.05, 4.69) is 23.3 Å². The zero-order chi connectivity index (χ0) is 13.9. The highest BCUT2D eigenvalue weighted by Crippen LogP contribution is 2.31. The van der Waals surface area contributed by atoms with Gasteiger partial charge in [-0.2, -0.15) is 5.26 Å². The first-order valence-electron chi connectivity index (χ1n) is 6.40. The van der Waals surface area contributed by atoms with Gasteiger partial charge in [0.1, 0.15) is 11.2 Å². The first kappa shape index (κ1) is 13.8. The maximum atomic E-state index is 12.1. The molecule has 4 nitrogen and oxygen atoms in total. The van der Waals surface area contributed by atoms with E-state index in [-0.39, 0.29) is 11.6 Å². The number of halogens is 1. The van der Waals surface area contributed by atoms with Gasteiger partial charge in [0.2, 0.25) is 0 Å². The second-order valence-corrected chi connectivity index (χ2v) is 5.63. The van der Waals surface area contributed by atoms with E-state index in [1.165, 1.54) is 12.3 Å². The van der Waals surface area contributed by atoms with Crippen LogP contribution in [-0.2, 0) is 0 Å². The fraction of sp³-hybridized carbons (Fsp3) is 0.500. The van der Waals surface area contributed by atoms with Crippen LogP contribution in [0, 0.1) is 17.2 Å². The molecular formula is C14H16ClN3O. The average Bonchev–Trinajstić information content (AvgIpc) is 2.42. The number of pyridine rings is 1. The van der Waals surface area contributed by atoms with Gasteiger partial charge in [0.15, 0.2) is 0 Å². The average molecular weight is 278 g/mol. The Bertz CT molecular complexity index is 516. The number of carbonyl (C=O) groups excluding carboxylic acids is 1. The molecule has 2 rings (SSSR count). The second-order valence-electron chi connectivity index (χ2n) is 5.19. The van der Waals surface area contributed by atoms with E-state index in [1.807, 2.05) is 0 Å². The van der Waals surface area contributed by atoms with Crippen LogP contribution in [0.3, 0.4) is 0 Å². The fourth-order valence-corrected chi connectivity index (χ4v) is 2.49. The van der Waals surface area contributed by atoms with Crippen molar-refractivity contribution in [3.63, 3.8) is 0 Å². The summed E-state index contributed by atoms with van der Waals surface area (Å²) in [6.07, 6.45) is 4.78. The molecule has 1 heterocycles. The Morgan fingerprint density at radius 3 is 2.84 bits per heavy atom. The lowest BCUT2D eigenvalue weighted by Gasteiger charge is -2.34. The molecule has 1 fully saturated rings. The molecule has 5 heteroatoms. The number of nitrogens with one attached hydrogen (secondary N) is 1. The minimum Gasteiger partial charge on any atom is -0.332 e. The molecular weight excluding hydrogens is 262 g/mol. The Morgan fingerprint density at radius 1 is 1.58 bits per heavy atom. The van der Waals surface area contributed by atoms with Crippen LogP contribution in [0.25, 0.3) is 0 Å². The zero-order valence-corrected chi connectivity index (χ0v) is 11.6. The van der Waals surface area contributed by atoms with Gasteiger partial charge in [-0.25, -0.2) is 0 Å². The van der Waals surface area contributed by atoms with Crippen LogP contribution < -0.4 is 5.32 Å².